The van der Waals surface area contributed by atoms with Crippen LogP contribution in [-0.4, -0.2) is 54.1 Å². The molecule has 2 aliphatic rings. The van der Waals surface area contributed by atoms with E-state index in [0.29, 0.717) is 12.0 Å². The van der Waals surface area contributed by atoms with Crippen molar-refractivity contribution in [2.45, 2.75) is 38.6 Å². The number of carbonyl (C=O) groups excluding carboxylic acids is 1. The molecule has 1 aliphatic carbocycles. The number of benzene rings is 2. The molecule has 1 saturated carbocycles. The second kappa shape index (κ2) is 9.00. The predicted molar refractivity (Wildman–Crippen MR) is 141 cm³/mol. The molecule has 35 heavy (non-hydrogen) atoms. The number of fused-ring (bicyclic) bond motifs is 3. The standard InChI is InChI=1S/C29H32N4O2/c1-19-14-25-27-24(21-4-3-5-23(15-21)33(18-34)22-6-7-22)8-9-26(28(27)31-29(25)30-16-19)35-17-20-10-12-32(2)13-11-20/h3-5,8-9,14-16,18,20,22H,6-7,10-13,17H2,1-2H3,(H,30,31). The Morgan fingerprint density at radius 2 is 1.97 bits per heavy atom. The van der Waals surface area contributed by atoms with Crippen LogP contribution >= 0.6 is 0 Å². The number of rotatable bonds is 7. The molecule has 6 heteroatoms. The van der Waals surface area contributed by atoms with E-state index in [1.807, 2.05) is 23.2 Å². The summed E-state index contributed by atoms with van der Waals surface area (Å²) in [5, 5.41) is 2.22. The quantitative estimate of drug-likeness (QED) is 0.362. The van der Waals surface area contributed by atoms with Crippen LogP contribution in [0.3, 0.4) is 0 Å². The van der Waals surface area contributed by atoms with Crippen LogP contribution in [0, 0.1) is 12.8 Å². The molecule has 2 aromatic carbocycles. The number of piperidine rings is 1. The molecule has 180 valence electrons. The van der Waals surface area contributed by atoms with Gasteiger partial charge in [0.2, 0.25) is 6.41 Å². The molecule has 0 radical (unpaired) electrons. The Morgan fingerprint density at radius 1 is 1.14 bits per heavy atom. The fourth-order valence-electron chi connectivity index (χ4n) is 5.31. The minimum atomic E-state index is 0.332. The first-order chi connectivity index (χ1) is 17.1. The van der Waals surface area contributed by atoms with Crippen molar-refractivity contribution >= 4 is 34.0 Å². The number of amides is 1. The van der Waals surface area contributed by atoms with Gasteiger partial charge in [0.25, 0.3) is 0 Å². The van der Waals surface area contributed by atoms with Crippen molar-refractivity contribution in [1.29, 1.82) is 0 Å². The number of H-pyrrole nitrogens is 1. The number of pyridine rings is 1. The lowest BCUT2D eigenvalue weighted by molar-refractivity contribution is -0.107. The molecule has 2 aromatic heterocycles. The summed E-state index contributed by atoms with van der Waals surface area (Å²) in [5.41, 5.74) is 6.13. The van der Waals surface area contributed by atoms with E-state index in [1.165, 1.54) is 12.8 Å². The SMILES string of the molecule is Cc1cnc2[nH]c3c(OCC4CCN(C)CC4)ccc(-c4cccc(N(C=O)C5CC5)c4)c3c2c1. The lowest BCUT2D eigenvalue weighted by atomic mass is 9.97. The zero-order valence-electron chi connectivity index (χ0n) is 20.5. The average molecular weight is 469 g/mol. The maximum Gasteiger partial charge on any atom is 0.214 e. The number of carbonyl (C=O) groups is 1. The molecule has 2 fully saturated rings. The third-order valence-corrected chi connectivity index (χ3v) is 7.53. The van der Waals surface area contributed by atoms with E-state index in [9.17, 15) is 4.79 Å². The minimum Gasteiger partial charge on any atom is -0.491 e. The minimum absolute atomic E-state index is 0.332. The number of nitrogens with zero attached hydrogens (tertiary/aromatic N) is 3. The molecule has 0 spiro atoms. The molecule has 6 nitrogen and oxygen atoms in total. The van der Waals surface area contributed by atoms with Gasteiger partial charge in [0.15, 0.2) is 0 Å². The van der Waals surface area contributed by atoms with Crippen LogP contribution in [-0.2, 0) is 4.79 Å². The Bertz CT molecular complexity index is 1380. The number of aromatic amines is 1. The highest BCUT2D eigenvalue weighted by Crippen LogP contribution is 2.40. The second-order valence-electron chi connectivity index (χ2n) is 10.2. The van der Waals surface area contributed by atoms with Crippen LogP contribution in [0.4, 0.5) is 5.69 Å². The smallest absolute Gasteiger partial charge is 0.214 e. The van der Waals surface area contributed by atoms with Gasteiger partial charge in [-0.1, -0.05) is 12.1 Å². The first kappa shape index (κ1) is 22.1. The van der Waals surface area contributed by atoms with E-state index < -0.39 is 0 Å². The van der Waals surface area contributed by atoms with Gasteiger partial charge in [0.05, 0.1) is 12.1 Å². The molecule has 3 heterocycles. The number of aryl methyl sites for hydroxylation is 1. The molecule has 1 amide bonds. The Labute approximate surface area is 205 Å². The largest absolute Gasteiger partial charge is 0.491 e. The van der Waals surface area contributed by atoms with Crippen LogP contribution < -0.4 is 9.64 Å². The van der Waals surface area contributed by atoms with Gasteiger partial charge in [-0.15, -0.1) is 0 Å². The van der Waals surface area contributed by atoms with Crippen LogP contribution in [0.2, 0.25) is 0 Å². The number of anilines is 1. The van der Waals surface area contributed by atoms with Crippen molar-refractivity contribution in [1.82, 2.24) is 14.9 Å². The molecule has 1 aliphatic heterocycles. The molecule has 1 N–H and O–H groups in total. The zero-order valence-corrected chi connectivity index (χ0v) is 20.5. The summed E-state index contributed by atoms with van der Waals surface area (Å²) in [6, 6.07) is 15.1. The van der Waals surface area contributed by atoms with Crippen molar-refractivity contribution < 1.29 is 9.53 Å². The van der Waals surface area contributed by atoms with Gasteiger partial charge in [-0.25, -0.2) is 4.98 Å². The zero-order chi connectivity index (χ0) is 23.9. The Hall–Kier alpha value is -3.38. The van der Waals surface area contributed by atoms with Crippen LogP contribution in [0.15, 0.2) is 48.7 Å². The van der Waals surface area contributed by atoms with Gasteiger partial charge in [0, 0.05) is 28.7 Å². The third-order valence-electron chi connectivity index (χ3n) is 7.53. The second-order valence-corrected chi connectivity index (χ2v) is 10.2. The van der Waals surface area contributed by atoms with E-state index in [-0.39, 0.29) is 0 Å². The first-order valence-corrected chi connectivity index (χ1v) is 12.7. The molecular formula is C29H32N4O2. The van der Waals surface area contributed by atoms with E-state index in [4.69, 9.17) is 4.74 Å². The van der Waals surface area contributed by atoms with Crippen molar-refractivity contribution in [3.63, 3.8) is 0 Å². The lowest BCUT2D eigenvalue weighted by Crippen LogP contribution is -2.32. The van der Waals surface area contributed by atoms with Gasteiger partial charge in [0.1, 0.15) is 11.4 Å². The third kappa shape index (κ3) is 4.27. The van der Waals surface area contributed by atoms with Crippen molar-refractivity contribution in [2.75, 3.05) is 31.6 Å². The van der Waals surface area contributed by atoms with E-state index in [2.05, 4.69) is 59.2 Å². The monoisotopic (exact) mass is 468 g/mol. The normalized spacial score (nSPS) is 17.2. The number of aromatic nitrogens is 2. The maximum atomic E-state index is 11.8. The molecular weight excluding hydrogens is 436 g/mol. The Kier molecular flexibility index (Phi) is 5.69. The van der Waals surface area contributed by atoms with E-state index >= 15 is 0 Å². The van der Waals surface area contributed by atoms with Crippen molar-refractivity contribution in [3.8, 4) is 16.9 Å². The highest BCUT2D eigenvalue weighted by molar-refractivity contribution is 6.15. The van der Waals surface area contributed by atoms with Crippen LogP contribution in [0.25, 0.3) is 33.1 Å². The molecule has 0 unspecified atom stereocenters. The predicted octanol–water partition coefficient (Wildman–Crippen LogP) is 5.54. The summed E-state index contributed by atoms with van der Waals surface area (Å²) < 4.78 is 6.43. The van der Waals surface area contributed by atoms with E-state index in [0.717, 1.165) is 89.0 Å². The summed E-state index contributed by atoms with van der Waals surface area (Å²) in [6.45, 7) is 5.07. The summed E-state index contributed by atoms with van der Waals surface area (Å²) in [4.78, 5) is 24.2. The summed E-state index contributed by atoms with van der Waals surface area (Å²) >= 11 is 0. The van der Waals surface area contributed by atoms with Crippen LogP contribution in [0.5, 0.6) is 5.75 Å². The number of hydrogen-bond acceptors (Lipinski definition) is 4. The molecule has 6 rings (SSSR count). The molecule has 4 aromatic rings. The maximum absolute atomic E-state index is 11.8. The van der Waals surface area contributed by atoms with Gasteiger partial charge in [-0.3, -0.25) is 4.79 Å². The number of hydrogen-bond donors (Lipinski definition) is 1. The summed E-state index contributed by atoms with van der Waals surface area (Å²) in [7, 11) is 2.19. The molecule has 1 saturated heterocycles. The number of ether oxygens (including phenoxy) is 1. The fourth-order valence-corrected chi connectivity index (χ4v) is 5.31. The summed E-state index contributed by atoms with van der Waals surface area (Å²) in [5.74, 6) is 1.46. The highest BCUT2D eigenvalue weighted by Gasteiger charge is 2.29. The van der Waals surface area contributed by atoms with Crippen molar-refractivity contribution in [2.24, 2.45) is 5.92 Å². The average Bonchev–Trinajstić information content (AvgIpc) is 3.64. The fraction of sp³-hybridized carbons (Fsp3) is 0.379. The van der Waals surface area contributed by atoms with Gasteiger partial charge < -0.3 is 19.5 Å². The van der Waals surface area contributed by atoms with Crippen molar-refractivity contribution in [3.05, 3.63) is 54.2 Å². The Morgan fingerprint density at radius 3 is 2.74 bits per heavy atom. The van der Waals surface area contributed by atoms with Crippen LogP contribution in [0.1, 0.15) is 31.2 Å². The molecule has 0 atom stereocenters. The summed E-state index contributed by atoms with van der Waals surface area (Å²) in [6.07, 6.45) is 7.35. The number of nitrogens with one attached hydrogen (secondary N) is 1. The lowest BCUT2D eigenvalue weighted by Gasteiger charge is -2.28. The topological polar surface area (TPSA) is 61.5 Å². The number of likely N-dealkylation sites (tertiary alicyclic amines) is 1. The van der Waals surface area contributed by atoms with Gasteiger partial charge >= 0.3 is 0 Å². The van der Waals surface area contributed by atoms with Gasteiger partial charge in [-0.2, -0.15) is 0 Å². The van der Waals surface area contributed by atoms with Gasteiger partial charge in [-0.05, 0) is 106 Å². The first-order valence-electron chi connectivity index (χ1n) is 12.7. The Balaban J connectivity index is 1.42. The highest BCUT2D eigenvalue weighted by atomic mass is 16.5. The van der Waals surface area contributed by atoms with E-state index in [1.54, 1.807) is 0 Å². The molecule has 0 bridgehead atoms.